The highest BCUT2D eigenvalue weighted by Gasteiger charge is 2.51. The summed E-state index contributed by atoms with van der Waals surface area (Å²) in [6.07, 6.45) is 35.4. The Morgan fingerprint density at radius 3 is 1.64 bits per heavy atom. The van der Waals surface area contributed by atoms with Crippen molar-refractivity contribution in [3.63, 3.8) is 0 Å². The van der Waals surface area contributed by atoms with E-state index in [2.05, 4.69) is 31.2 Å². The highest BCUT2D eigenvalue weighted by molar-refractivity contribution is 7.47. The predicted molar refractivity (Wildman–Crippen MR) is 259 cm³/mol. The molecule has 7 N–H and O–H groups in total. The Morgan fingerprint density at radius 1 is 0.561 bits per heavy atom. The average Bonchev–Trinajstić information content (AvgIpc) is 3.30. The molecule has 0 heterocycles. The first-order chi connectivity index (χ1) is 31.8. The zero-order chi connectivity index (χ0) is 48.7. The standard InChI is InChI=1S/C51H85O14P/c1-3-5-7-8-9-10-11-12-13-14-15-16-17-18-22-25-28-31-34-38-44(53)62-40-43(41-63-66(60,61)65-51-49(58)47(56)46(55)48(57)50(51)59)64-45(54)39-35-32-29-26-23-20-19-21-24-27-30-33-37-42(52)36-6-4-2/h6,9-10,12-13,19-20,24,26-27,29-30,33,36,42-43,46-52,55-59H,3-5,7-8,11,14-18,21-23,25,28,31-32,34-35,37-41H2,1-2H3,(H,60,61)/b10-9-,13-12-,20-19-,27-24-,29-26-,33-30+,36-6-/t42?,43-,46?,47-,48+,49-,50-,51?/m1/s1. The number of phosphoric acid groups is 1. The van der Waals surface area contributed by atoms with Gasteiger partial charge in [0.05, 0.1) is 12.7 Å². The van der Waals surface area contributed by atoms with E-state index in [0.717, 1.165) is 51.4 Å². The van der Waals surface area contributed by atoms with E-state index >= 15 is 0 Å². The first-order valence-electron chi connectivity index (χ1n) is 24.5. The average molecular weight is 953 g/mol. The third-order valence-electron chi connectivity index (χ3n) is 10.8. The van der Waals surface area contributed by atoms with Crippen LogP contribution in [0.3, 0.4) is 0 Å². The molecular formula is C51H85O14P. The highest BCUT2D eigenvalue weighted by Crippen LogP contribution is 2.47. The number of aliphatic hydroxyl groups excluding tert-OH is 6. The van der Waals surface area contributed by atoms with Gasteiger partial charge in [-0.2, -0.15) is 0 Å². The van der Waals surface area contributed by atoms with Crippen molar-refractivity contribution in [1.82, 2.24) is 0 Å². The van der Waals surface area contributed by atoms with Crippen molar-refractivity contribution in [1.29, 1.82) is 0 Å². The van der Waals surface area contributed by atoms with Gasteiger partial charge in [-0.05, 0) is 77.0 Å². The molecule has 66 heavy (non-hydrogen) atoms. The maximum Gasteiger partial charge on any atom is 0.472 e. The predicted octanol–water partition coefficient (Wildman–Crippen LogP) is 9.03. The lowest BCUT2D eigenvalue weighted by molar-refractivity contribution is -0.220. The molecular weight excluding hydrogens is 868 g/mol. The summed E-state index contributed by atoms with van der Waals surface area (Å²) in [6.45, 7) is 2.99. The maximum absolute atomic E-state index is 12.8. The Kier molecular flexibility index (Phi) is 36.9. The Balaban J connectivity index is 2.48. The second-order valence-electron chi connectivity index (χ2n) is 16.8. The van der Waals surface area contributed by atoms with E-state index in [1.807, 2.05) is 61.6 Å². The van der Waals surface area contributed by atoms with Crippen molar-refractivity contribution < 1.29 is 68.2 Å². The quantitative estimate of drug-likeness (QED) is 0.0100. The normalized spacial score (nSPS) is 22.5. The topological polar surface area (TPSA) is 230 Å². The zero-order valence-corrected chi connectivity index (χ0v) is 40.7. The van der Waals surface area contributed by atoms with E-state index in [1.54, 1.807) is 6.08 Å². The lowest BCUT2D eigenvalue weighted by atomic mass is 9.85. The molecule has 14 nitrogen and oxygen atoms in total. The minimum Gasteiger partial charge on any atom is -0.462 e. The second kappa shape index (κ2) is 39.9. The summed E-state index contributed by atoms with van der Waals surface area (Å²) in [4.78, 5) is 35.8. The molecule has 378 valence electrons. The fourth-order valence-corrected chi connectivity index (χ4v) is 7.82. The molecule has 1 aliphatic rings. The number of phosphoric ester groups is 1. The zero-order valence-electron chi connectivity index (χ0n) is 39.8. The maximum atomic E-state index is 12.8. The molecule has 0 spiro atoms. The van der Waals surface area contributed by atoms with Gasteiger partial charge in [-0.1, -0.05) is 157 Å². The number of carbonyl (C=O) groups is 2. The van der Waals surface area contributed by atoms with Crippen LogP contribution in [0.25, 0.3) is 0 Å². The molecule has 0 aromatic heterocycles. The summed E-state index contributed by atoms with van der Waals surface area (Å²) in [5.74, 6) is -1.20. The molecule has 9 atom stereocenters. The number of hydrogen-bond acceptors (Lipinski definition) is 13. The summed E-state index contributed by atoms with van der Waals surface area (Å²) < 4.78 is 33.5. The van der Waals surface area contributed by atoms with Crippen molar-refractivity contribution in [3.05, 3.63) is 85.1 Å². The van der Waals surface area contributed by atoms with Gasteiger partial charge in [-0.3, -0.25) is 18.6 Å². The summed E-state index contributed by atoms with van der Waals surface area (Å²) >= 11 is 0. The Labute approximate surface area is 395 Å². The molecule has 0 saturated heterocycles. The van der Waals surface area contributed by atoms with Crippen LogP contribution in [-0.2, 0) is 32.7 Å². The monoisotopic (exact) mass is 953 g/mol. The third kappa shape index (κ3) is 31.9. The van der Waals surface area contributed by atoms with E-state index < -0.39 is 81.8 Å². The van der Waals surface area contributed by atoms with Crippen LogP contribution in [0.1, 0.15) is 162 Å². The van der Waals surface area contributed by atoms with Gasteiger partial charge >= 0.3 is 19.8 Å². The summed E-state index contributed by atoms with van der Waals surface area (Å²) in [5.41, 5.74) is 0. The van der Waals surface area contributed by atoms with E-state index in [4.69, 9.17) is 18.5 Å². The third-order valence-corrected chi connectivity index (χ3v) is 11.8. The van der Waals surface area contributed by atoms with Gasteiger partial charge in [0.15, 0.2) is 6.10 Å². The van der Waals surface area contributed by atoms with E-state index in [-0.39, 0.29) is 12.8 Å². The van der Waals surface area contributed by atoms with Gasteiger partial charge in [-0.15, -0.1) is 0 Å². The Morgan fingerprint density at radius 2 is 1.05 bits per heavy atom. The molecule has 0 aromatic carbocycles. The number of carbonyl (C=O) groups excluding carboxylic acids is 2. The van der Waals surface area contributed by atoms with Gasteiger partial charge in [0.2, 0.25) is 0 Å². The van der Waals surface area contributed by atoms with E-state index in [9.17, 15) is 49.7 Å². The number of unbranched alkanes of at least 4 members (excludes halogenated alkanes) is 13. The summed E-state index contributed by atoms with van der Waals surface area (Å²) in [5, 5.41) is 60.0. The number of aliphatic hydroxyl groups is 6. The number of allylic oxidation sites excluding steroid dienone is 12. The van der Waals surface area contributed by atoms with Crippen LogP contribution < -0.4 is 0 Å². The van der Waals surface area contributed by atoms with Crippen molar-refractivity contribution >= 4 is 19.8 Å². The smallest absolute Gasteiger partial charge is 0.462 e. The first kappa shape index (κ1) is 61.0. The fraction of sp³-hybridized carbons (Fsp3) is 0.686. The number of hydrogen-bond donors (Lipinski definition) is 7. The lowest BCUT2D eigenvalue weighted by Gasteiger charge is -2.41. The van der Waals surface area contributed by atoms with Crippen LogP contribution in [0.4, 0.5) is 0 Å². The summed E-state index contributed by atoms with van der Waals surface area (Å²) in [6, 6.07) is 0. The molecule has 1 rings (SSSR count). The molecule has 0 aromatic rings. The van der Waals surface area contributed by atoms with Gasteiger partial charge in [-0.25, -0.2) is 4.57 Å². The highest BCUT2D eigenvalue weighted by atomic mass is 31.2. The van der Waals surface area contributed by atoms with Crippen LogP contribution in [0.5, 0.6) is 0 Å². The molecule has 0 radical (unpaired) electrons. The minimum atomic E-state index is -5.15. The summed E-state index contributed by atoms with van der Waals surface area (Å²) in [7, 11) is -5.15. The van der Waals surface area contributed by atoms with Gasteiger partial charge in [0.1, 0.15) is 43.2 Å². The van der Waals surface area contributed by atoms with Gasteiger partial charge in [0.25, 0.3) is 0 Å². The largest absolute Gasteiger partial charge is 0.472 e. The number of ether oxygens (including phenoxy) is 2. The van der Waals surface area contributed by atoms with E-state index in [1.165, 1.54) is 51.4 Å². The molecule has 0 amide bonds. The molecule has 4 unspecified atom stereocenters. The van der Waals surface area contributed by atoms with Gasteiger partial charge < -0.3 is 45.0 Å². The molecule has 1 aliphatic carbocycles. The van der Waals surface area contributed by atoms with Crippen LogP contribution in [0.15, 0.2) is 85.1 Å². The SMILES string of the molecule is CC/C=C\C(O)C/C=C/C=C\C/C=C\C/C=C\CCCC(=O)O[C@H](COC(=O)CCCCCCCCCCC/C=C\C/C=C\CCCCC)COP(=O)(O)OC1[C@H](O)[C@H](O)C(O)[C@H](O)[C@H]1O. The molecule has 0 aliphatic heterocycles. The van der Waals surface area contributed by atoms with Crippen molar-refractivity contribution in [2.45, 2.75) is 210 Å². The molecule has 0 bridgehead atoms. The van der Waals surface area contributed by atoms with Crippen LogP contribution in [0.2, 0.25) is 0 Å². The fourth-order valence-electron chi connectivity index (χ4n) is 6.84. The number of rotatable bonds is 39. The van der Waals surface area contributed by atoms with Crippen LogP contribution in [0, 0.1) is 0 Å². The number of esters is 2. The van der Waals surface area contributed by atoms with Crippen molar-refractivity contribution in [3.8, 4) is 0 Å². The molecule has 1 saturated carbocycles. The Hall–Kier alpha value is -3.01. The molecule has 15 heteroatoms. The first-order valence-corrected chi connectivity index (χ1v) is 26.0. The molecule has 1 fully saturated rings. The second-order valence-corrected chi connectivity index (χ2v) is 18.2. The van der Waals surface area contributed by atoms with Crippen LogP contribution in [-0.4, -0.2) is 110 Å². The van der Waals surface area contributed by atoms with Gasteiger partial charge in [0, 0.05) is 12.8 Å². The van der Waals surface area contributed by atoms with Crippen LogP contribution >= 0.6 is 7.82 Å². The Bertz CT molecular complexity index is 1490. The van der Waals surface area contributed by atoms with Crippen molar-refractivity contribution in [2.75, 3.05) is 13.2 Å². The minimum absolute atomic E-state index is 0.00455. The van der Waals surface area contributed by atoms with Crippen molar-refractivity contribution in [2.24, 2.45) is 0 Å². The van der Waals surface area contributed by atoms with E-state index in [0.29, 0.717) is 32.1 Å². The lowest BCUT2D eigenvalue weighted by Crippen LogP contribution is -2.64.